The van der Waals surface area contributed by atoms with Gasteiger partial charge in [0.05, 0.1) is 11.7 Å². The fourth-order valence-electron chi connectivity index (χ4n) is 2.27. The molecule has 1 aromatic carbocycles. The van der Waals surface area contributed by atoms with Crippen molar-refractivity contribution in [3.05, 3.63) is 34.9 Å². The number of carbonyl (C=O) groups is 1. The van der Waals surface area contributed by atoms with Crippen LogP contribution in [0.3, 0.4) is 0 Å². The second kappa shape index (κ2) is 3.66. The van der Waals surface area contributed by atoms with Crippen molar-refractivity contribution in [2.24, 2.45) is 0 Å². The third kappa shape index (κ3) is 1.75. The minimum atomic E-state index is -0.908. The van der Waals surface area contributed by atoms with Gasteiger partial charge in [-0.3, -0.25) is 0 Å². The van der Waals surface area contributed by atoms with Gasteiger partial charge in [0.15, 0.2) is 0 Å². The van der Waals surface area contributed by atoms with Gasteiger partial charge in [-0.1, -0.05) is 6.07 Å². The highest BCUT2D eigenvalue weighted by molar-refractivity contribution is 5.88. The molecule has 0 amide bonds. The first-order valence-corrected chi connectivity index (χ1v) is 5.14. The van der Waals surface area contributed by atoms with Crippen LogP contribution in [-0.2, 0) is 6.42 Å². The lowest BCUT2D eigenvalue weighted by Crippen LogP contribution is -2.12. The molecule has 0 aliphatic heterocycles. The third-order valence-corrected chi connectivity index (χ3v) is 3.10. The number of aromatic carboxylic acids is 1. The summed E-state index contributed by atoms with van der Waals surface area (Å²) in [5.41, 5.74) is 2.48. The van der Waals surface area contributed by atoms with E-state index in [9.17, 15) is 9.90 Å². The molecule has 1 aliphatic rings. The summed E-state index contributed by atoms with van der Waals surface area (Å²) in [5.74, 6) is -0.812. The molecular weight excluding hydrogens is 192 g/mol. The maximum absolute atomic E-state index is 10.8. The molecule has 1 aromatic rings. The van der Waals surface area contributed by atoms with Crippen molar-refractivity contribution in [1.29, 1.82) is 0 Å². The molecule has 0 fully saturated rings. The smallest absolute Gasteiger partial charge is 0.335 e. The number of carboxylic acid groups (broad SMARTS) is 1. The summed E-state index contributed by atoms with van der Waals surface area (Å²) < 4.78 is 0. The Morgan fingerprint density at radius 3 is 2.87 bits per heavy atom. The standard InChI is InChI=1S/C12H14O3/c1-7(13)10-5-4-8-2-3-9(12(14)15)6-11(8)10/h2-3,6-7,10,13H,4-5H2,1H3,(H,14,15). The van der Waals surface area contributed by atoms with Crippen molar-refractivity contribution >= 4 is 5.97 Å². The highest BCUT2D eigenvalue weighted by atomic mass is 16.4. The first kappa shape index (κ1) is 10.2. The number of rotatable bonds is 2. The molecule has 0 saturated carbocycles. The number of aliphatic hydroxyl groups excluding tert-OH is 1. The minimum Gasteiger partial charge on any atom is -0.478 e. The summed E-state index contributed by atoms with van der Waals surface area (Å²) in [6.45, 7) is 1.76. The quantitative estimate of drug-likeness (QED) is 0.775. The van der Waals surface area contributed by atoms with E-state index in [1.54, 1.807) is 19.1 Å². The topological polar surface area (TPSA) is 57.5 Å². The van der Waals surface area contributed by atoms with Crippen LogP contribution in [0.5, 0.6) is 0 Å². The van der Waals surface area contributed by atoms with Crippen LogP contribution in [0.15, 0.2) is 18.2 Å². The Morgan fingerprint density at radius 2 is 2.27 bits per heavy atom. The first-order chi connectivity index (χ1) is 7.09. The summed E-state index contributed by atoms with van der Waals surface area (Å²) in [4.78, 5) is 10.8. The molecule has 0 spiro atoms. The van der Waals surface area contributed by atoms with Gasteiger partial charge in [-0.2, -0.15) is 0 Å². The molecule has 0 heterocycles. The van der Waals surface area contributed by atoms with Crippen LogP contribution in [0.4, 0.5) is 0 Å². The maximum Gasteiger partial charge on any atom is 0.335 e. The summed E-state index contributed by atoms with van der Waals surface area (Å²) in [7, 11) is 0. The maximum atomic E-state index is 10.8. The predicted octanol–water partition coefficient (Wildman–Crippen LogP) is 1.80. The SMILES string of the molecule is CC(O)C1CCc2ccc(C(=O)O)cc21. The van der Waals surface area contributed by atoms with E-state index in [2.05, 4.69) is 0 Å². The molecule has 2 rings (SSSR count). The van der Waals surface area contributed by atoms with E-state index in [0.29, 0.717) is 5.56 Å². The van der Waals surface area contributed by atoms with Crippen LogP contribution in [0.1, 0.15) is 40.7 Å². The van der Waals surface area contributed by atoms with E-state index in [0.717, 1.165) is 18.4 Å². The molecular formula is C12H14O3. The van der Waals surface area contributed by atoms with Gasteiger partial charge >= 0.3 is 5.97 Å². The minimum absolute atomic E-state index is 0.0966. The lowest BCUT2D eigenvalue weighted by atomic mass is 9.95. The molecule has 0 aromatic heterocycles. The van der Waals surface area contributed by atoms with Gasteiger partial charge in [0.2, 0.25) is 0 Å². The van der Waals surface area contributed by atoms with Gasteiger partial charge in [-0.05, 0) is 43.0 Å². The third-order valence-electron chi connectivity index (χ3n) is 3.10. The van der Waals surface area contributed by atoms with Gasteiger partial charge < -0.3 is 10.2 Å². The van der Waals surface area contributed by atoms with E-state index in [1.807, 2.05) is 6.07 Å². The Bertz CT molecular complexity index is 396. The zero-order valence-electron chi connectivity index (χ0n) is 8.60. The van der Waals surface area contributed by atoms with Crippen molar-refractivity contribution in [2.75, 3.05) is 0 Å². The molecule has 2 N–H and O–H groups in total. The van der Waals surface area contributed by atoms with Crippen LogP contribution in [0.25, 0.3) is 0 Å². The van der Waals surface area contributed by atoms with Gasteiger partial charge in [0.25, 0.3) is 0 Å². The lowest BCUT2D eigenvalue weighted by Gasteiger charge is -2.14. The number of hydrogen-bond donors (Lipinski definition) is 2. The fraction of sp³-hybridized carbons (Fsp3) is 0.417. The highest BCUT2D eigenvalue weighted by Gasteiger charge is 2.26. The molecule has 0 saturated heterocycles. The zero-order valence-corrected chi connectivity index (χ0v) is 8.60. The van der Waals surface area contributed by atoms with Crippen LogP contribution >= 0.6 is 0 Å². The number of benzene rings is 1. The van der Waals surface area contributed by atoms with Gasteiger partial charge in [-0.25, -0.2) is 4.79 Å². The van der Waals surface area contributed by atoms with Gasteiger partial charge in [-0.15, -0.1) is 0 Å². The number of fused-ring (bicyclic) bond motifs is 1. The molecule has 3 heteroatoms. The van der Waals surface area contributed by atoms with Gasteiger partial charge in [0.1, 0.15) is 0 Å². The molecule has 3 nitrogen and oxygen atoms in total. The van der Waals surface area contributed by atoms with Crippen molar-refractivity contribution in [3.63, 3.8) is 0 Å². The van der Waals surface area contributed by atoms with Crippen LogP contribution < -0.4 is 0 Å². The first-order valence-electron chi connectivity index (χ1n) is 5.14. The van der Waals surface area contributed by atoms with Crippen molar-refractivity contribution in [1.82, 2.24) is 0 Å². The number of carboxylic acids is 1. The van der Waals surface area contributed by atoms with Crippen molar-refractivity contribution in [2.45, 2.75) is 31.8 Å². The van der Waals surface area contributed by atoms with Gasteiger partial charge in [0, 0.05) is 5.92 Å². The predicted molar refractivity (Wildman–Crippen MR) is 56.1 cm³/mol. The normalized spacial score (nSPS) is 21.1. The van der Waals surface area contributed by atoms with Crippen molar-refractivity contribution < 1.29 is 15.0 Å². The van der Waals surface area contributed by atoms with E-state index < -0.39 is 12.1 Å². The fourth-order valence-corrected chi connectivity index (χ4v) is 2.27. The monoisotopic (exact) mass is 206 g/mol. The lowest BCUT2D eigenvalue weighted by molar-refractivity contribution is 0.0696. The molecule has 2 atom stereocenters. The molecule has 15 heavy (non-hydrogen) atoms. The van der Waals surface area contributed by atoms with Crippen LogP contribution in [0.2, 0.25) is 0 Å². The second-order valence-electron chi connectivity index (χ2n) is 4.10. The molecule has 1 aliphatic carbocycles. The Labute approximate surface area is 88.4 Å². The number of aliphatic hydroxyl groups is 1. The average Bonchev–Trinajstić information content (AvgIpc) is 2.59. The van der Waals surface area contributed by atoms with Crippen molar-refractivity contribution in [3.8, 4) is 0 Å². The number of hydrogen-bond acceptors (Lipinski definition) is 2. The number of aryl methyl sites for hydroxylation is 1. The van der Waals surface area contributed by atoms with E-state index in [-0.39, 0.29) is 5.92 Å². The summed E-state index contributed by atoms with van der Waals surface area (Å²) in [5, 5.41) is 18.5. The largest absolute Gasteiger partial charge is 0.478 e. The Balaban J connectivity index is 2.42. The molecule has 2 unspecified atom stereocenters. The molecule has 0 radical (unpaired) electrons. The summed E-state index contributed by atoms with van der Waals surface area (Å²) >= 11 is 0. The van der Waals surface area contributed by atoms with E-state index in [4.69, 9.17) is 5.11 Å². The summed E-state index contributed by atoms with van der Waals surface area (Å²) in [6, 6.07) is 5.19. The Hall–Kier alpha value is -1.35. The Morgan fingerprint density at radius 1 is 1.53 bits per heavy atom. The second-order valence-corrected chi connectivity index (χ2v) is 4.10. The molecule has 80 valence electrons. The summed E-state index contributed by atoms with van der Waals surface area (Å²) in [6.07, 6.45) is 1.44. The Kier molecular flexibility index (Phi) is 2.49. The molecule has 0 bridgehead atoms. The highest BCUT2D eigenvalue weighted by Crippen LogP contribution is 2.35. The van der Waals surface area contributed by atoms with Crippen LogP contribution in [-0.4, -0.2) is 22.3 Å². The average molecular weight is 206 g/mol. The van der Waals surface area contributed by atoms with E-state index >= 15 is 0 Å². The van der Waals surface area contributed by atoms with Crippen LogP contribution in [0, 0.1) is 0 Å². The zero-order chi connectivity index (χ0) is 11.0. The van der Waals surface area contributed by atoms with E-state index in [1.165, 1.54) is 5.56 Å².